The zero-order valence-corrected chi connectivity index (χ0v) is 24.1. The molecule has 13 nitrogen and oxygen atoms in total. The van der Waals surface area contributed by atoms with E-state index in [0.29, 0.717) is 49.9 Å². The first-order valence-electron chi connectivity index (χ1n) is 12.3. The molecule has 0 fully saturated rings. The Labute approximate surface area is 245 Å². The van der Waals surface area contributed by atoms with Crippen LogP contribution in [0, 0.1) is 6.92 Å². The summed E-state index contributed by atoms with van der Waals surface area (Å²) in [5.41, 5.74) is 8.18. The summed E-state index contributed by atoms with van der Waals surface area (Å²) in [6, 6.07) is 17.1. The minimum Gasteiger partial charge on any atom is -0.506 e. The highest BCUT2D eigenvalue weighted by Gasteiger charge is 2.15. The highest BCUT2D eigenvalue weighted by Crippen LogP contribution is 2.41. The Balaban J connectivity index is 1.50. The molecule has 0 aliphatic carbocycles. The number of anilines is 1. The standard InChI is InChI=1S/C28H23N5O8S2/c1-15-11-25(32-33-28-19-6-4-17(42(35,36)37)12-16(19)3-10-26(28)34)27(41-2)14-24(15)31-30-23-9-8-22(29)21-13-18(43(38,39)40)5-7-20(21)23/h3-14,34H,29H2,1-2H3,(H,35,36,37)(H,38,39,40). The quantitative estimate of drug-likeness (QED) is 0.0841. The van der Waals surface area contributed by atoms with Crippen molar-refractivity contribution >= 4 is 70.2 Å². The van der Waals surface area contributed by atoms with Gasteiger partial charge >= 0.3 is 0 Å². The summed E-state index contributed by atoms with van der Waals surface area (Å²) >= 11 is 0. The number of rotatable bonds is 7. The molecule has 15 heteroatoms. The molecule has 0 saturated carbocycles. The fraction of sp³-hybridized carbons (Fsp3) is 0.0714. The van der Waals surface area contributed by atoms with Crippen molar-refractivity contribution in [3.8, 4) is 11.5 Å². The first-order chi connectivity index (χ1) is 20.3. The topological polar surface area (TPSA) is 214 Å². The molecule has 0 atom stereocenters. The number of fused-ring (bicyclic) bond motifs is 2. The zero-order valence-electron chi connectivity index (χ0n) is 22.5. The summed E-state index contributed by atoms with van der Waals surface area (Å²) in [7, 11) is -7.42. The van der Waals surface area contributed by atoms with Gasteiger partial charge in [0.1, 0.15) is 22.9 Å². The lowest BCUT2D eigenvalue weighted by Crippen LogP contribution is -1.98. The van der Waals surface area contributed by atoms with Crippen LogP contribution in [0.4, 0.5) is 28.4 Å². The first-order valence-corrected chi connectivity index (χ1v) is 15.2. The van der Waals surface area contributed by atoms with Crippen molar-refractivity contribution in [3.05, 3.63) is 78.4 Å². The molecule has 220 valence electrons. The van der Waals surface area contributed by atoms with Crippen LogP contribution < -0.4 is 10.5 Å². The molecular formula is C28H23N5O8S2. The fourth-order valence-electron chi connectivity index (χ4n) is 4.35. The average Bonchev–Trinajstić information content (AvgIpc) is 2.95. The number of nitrogens with two attached hydrogens (primary N) is 1. The number of azo groups is 2. The number of phenolic OH excluding ortho intramolecular Hbond substituents is 1. The van der Waals surface area contributed by atoms with Gasteiger partial charge in [-0.1, -0.05) is 18.2 Å². The van der Waals surface area contributed by atoms with Crippen LogP contribution in [-0.2, 0) is 20.2 Å². The molecule has 5 aromatic carbocycles. The SMILES string of the molecule is COc1cc(N=Nc2ccc(N)c3cc(S(=O)(=O)O)ccc23)c(C)cc1N=Nc1c(O)ccc2cc(S(=O)(=O)O)ccc12. The van der Waals surface area contributed by atoms with Gasteiger partial charge in [0, 0.05) is 27.9 Å². The predicted octanol–water partition coefficient (Wildman–Crippen LogP) is 6.92. The maximum Gasteiger partial charge on any atom is 0.294 e. The number of nitrogens with zero attached hydrogens (tertiary/aromatic N) is 4. The smallest absolute Gasteiger partial charge is 0.294 e. The normalized spacial score (nSPS) is 12.6. The van der Waals surface area contributed by atoms with Crippen LogP contribution in [0.15, 0.2) is 103 Å². The first kappa shape index (κ1) is 29.5. The number of methoxy groups -OCH3 is 1. The van der Waals surface area contributed by atoms with Crippen LogP contribution in [-0.4, -0.2) is 38.2 Å². The second-order valence-electron chi connectivity index (χ2n) is 9.36. The monoisotopic (exact) mass is 621 g/mol. The molecule has 0 aliphatic rings. The van der Waals surface area contributed by atoms with E-state index in [4.69, 9.17) is 10.5 Å². The van der Waals surface area contributed by atoms with E-state index >= 15 is 0 Å². The number of aromatic hydroxyl groups is 1. The number of nitrogen functional groups attached to an aromatic ring is 1. The molecule has 0 unspecified atom stereocenters. The van der Waals surface area contributed by atoms with Gasteiger partial charge in [0.25, 0.3) is 20.2 Å². The van der Waals surface area contributed by atoms with Crippen molar-refractivity contribution in [2.24, 2.45) is 20.5 Å². The lowest BCUT2D eigenvalue weighted by Gasteiger charge is -2.09. The van der Waals surface area contributed by atoms with Crippen molar-refractivity contribution in [1.82, 2.24) is 0 Å². The molecule has 0 aromatic heterocycles. The van der Waals surface area contributed by atoms with Gasteiger partial charge in [0.15, 0.2) is 0 Å². The lowest BCUT2D eigenvalue weighted by atomic mass is 10.1. The third kappa shape index (κ3) is 6.00. The zero-order chi connectivity index (χ0) is 31.1. The van der Waals surface area contributed by atoms with Crippen LogP contribution >= 0.6 is 0 Å². The van der Waals surface area contributed by atoms with E-state index in [1.807, 2.05) is 0 Å². The third-order valence-electron chi connectivity index (χ3n) is 6.56. The summed E-state index contributed by atoms with van der Waals surface area (Å²) in [6.07, 6.45) is 0. The van der Waals surface area contributed by atoms with Gasteiger partial charge < -0.3 is 15.6 Å². The lowest BCUT2D eigenvalue weighted by molar-refractivity contribution is 0.416. The molecular weight excluding hydrogens is 598 g/mol. The number of hydrogen-bond donors (Lipinski definition) is 4. The van der Waals surface area contributed by atoms with Gasteiger partial charge in [-0.05, 0) is 66.4 Å². The second kappa shape index (κ2) is 11.0. The van der Waals surface area contributed by atoms with Crippen LogP contribution in [0.2, 0.25) is 0 Å². The summed E-state index contributed by atoms with van der Waals surface area (Å²) in [4.78, 5) is -0.601. The molecule has 0 saturated heterocycles. The molecule has 5 N–H and O–H groups in total. The predicted molar refractivity (Wildman–Crippen MR) is 160 cm³/mol. The Morgan fingerprint density at radius 1 is 0.674 bits per heavy atom. The number of benzene rings is 5. The van der Waals surface area contributed by atoms with Gasteiger partial charge in [0.05, 0.1) is 28.3 Å². The van der Waals surface area contributed by atoms with E-state index in [1.54, 1.807) is 31.2 Å². The van der Waals surface area contributed by atoms with E-state index in [9.17, 15) is 31.0 Å². The molecule has 0 heterocycles. The summed E-state index contributed by atoms with van der Waals surface area (Å²) in [5, 5.41) is 29.2. The summed E-state index contributed by atoms with van der Waals surface area (Å²) in [6.45, 7) is 1.76. The van der Waals surface area contributed by atoms with Gasteiger partial charge in [-0.2, -0.15) is 21.9 Å². The van der Waals surface area contributed by atoms with E-state index in [-0.39, 0.29) is 27.0 Å². The van der Waals surface area contributed by atoms with Crippen molar-refractivity contribution in [2.45, 2.75) is 16.7 Å². The van der Waals surface area contributed by atoms with Crippen LogP contribution in [0.25, 0.3) is 21.5 Å². The molecule has 5 rings (SSSR count). The minimum atomic E-state index is -4.42. The van der Waals surface area contributed by atoms with Crippen LogP contribution in [0.5, 0.6) is 11.5 Å². The third-order valence-corrected chi connectivity index (χ3v) is 8.26. The molecule has 0 radical (unpaired) electrons. The molecule has 0 spiro atoms. The summed E-state index contributed by atoms with van der Waals surface area (Å²) in [5.74, 6) is 0.0908. The Bertz CT molecular complexity index is 2220. The van der Waals surface area contributed by atoms with Gasteiger partial charge in [-0.25, -0.2) is 0 Å². The Hall–Kier alpha value is -4.96. The second-order valence-corrected chi connectivity index (χ2v) is 12.2. The largest absolute Gasteiger partial charge is 0.506 e. The fourth-order valence-corrected chi connectivity index (χ4v) is 5.37. The number of hydrogen-bond acceptors (Lipinski definition) is 11. The Morgan fingerprint density at radius 2 is 1.30 bits per heavy atom. The Morgan fingerprint density at radius 3 is 1.98 bits per heavy atom. The molecule has 5 aromatic rings. The number of aryl methyl sites for hydroxylation is 1. The van der Waals surface area contributed by atoms with Crippen molar-refractivity contribution in [3.63, 3.8) is 0 Å². The van der Waals surface area contributed by atoms with E-state index in [1.165, 1.54) is 55.6 Å². The maximum absolute atomic E-state index is 11.6. The van der Waals surface area contributed by atoms with Crippen molar-refractivity contribution in [1.29, 1.82) is 0 Å². The molecule has 0 bridgehead atoms. The van der Waals surface area contributed by atoms with Gasteiger partial charge in [-0.3, -0.25) is 9.11 Å². The number of phenols is 1. The van der Waals surface area contributed by atoms with E-state index in [2.05, 4.69) is 20.5 Å². The van der Waals surface area contributed by atoms with Gasteiger partial charge in [-0.15, -0.1) is 15.3 Å². The molecule has 0 aliphatic heterocycles. The van der Waals surface area contributed by atoms with Crippen LogP contribution in [0.3, 0.4) is 0 Å². The molecule has 0 amide bonds. The highest BCUT2D eigenvalue weighted by molar-refractivity contribution is 7.86. The van der Waals surface area contributed by atoms with Crippen LogP contribution in [0.1, 0.15) is 5.56 Å². The van der Waals surface area contributed by atoms with Crippen molar-refractivity contribution < 1.29 is 35.8 Å². The van der Waals surface area contributed by atoms with Crippen molar-refractivity contribution in [2.75, 3.05) is 12.8 Å². The maximum atomic E-state index is 11.6. The summed E-state index contributed by atoms with van der Waals surface area (Å²) < 4.78 is 70.4. The van der Waals surface area contributed by atoms with E-state index in [0.717, 1.165) is 0 Å². The number of ether oxygens (including phenoxy) is 1. The highest BCUT2D eigenvalue weighted by atomic mass is 32.2. The molecule has 43 heavy (non-hydrogen) atoms. The van der Waals surface area contributed by atoms with Gasteiger partial charge in [0.2, 0.25) is 0 Å². The Kier molecular flexibility index (Phi) is 7.58. The average molecular weight is 622 g/mol. The van der Waals surface area contributed by atoms with E-state index < -0.39 is 20.2 Å². The minimum absolute atomic E-state index is 0.0789.